The zero-order valence-electron chi connectivity index (χ0n) is 11.1. The summed E-state index contributed by atoms with van der Waals surface area (Å²) in [6.45, 7) is 6.28. The molecule has 0 fully saturated rings. The molecule has 3 heteroatoms. The Morgan fingerprint density at radius 3 is 2.78 bits per heavy atom. The van der Waals surface area contributed by atoms with Crippen LogP contribution in [0.4, 0.5) is 0 Å². The highest BCUT2D eigenvalue weighted by molar-refractivity contribution is 14.1. The van der Waals surface area contributed by atoms with Gasteiger partial charge >= 0.3 is 0 Å². The molecule has 1 N–H and O–H groups in total. The number of benzene rings is 1. The van der Waals surface area contributed by atoms with Crippen LogP contribution in [0.3, 0.4) is 0 Å². The van der Waals surface area contributed by atoms with E-state index < -0.39 is 0 Å². The Bertz CT molecular complexity index is 518. The largest absolute Gasteiger partial charge is 0.459 e. The summed E-state index contributed by atoms with van der Waals surface area (Å²) in [6, 6.07) is 6.42. The molecule has 98 valence electrons. The van der Waals surface area contributed by atoms with Crippen LogP contribution in [0.5, 0.6) is 0 Å². The van der Waals surface area contributed by atoms with Crippen molar-refractivity contribution in [3.8, 4) is 0 Å². The van der Waals surface area contributed by atoms with Gasteiger partial charge in [0.05, 0.1) is 6.54 Å². The lowest BCUT2D eigenvalue weighted by molar-refractivity contribution is 0.507. The van der Waals surface area contributed by atoms with E-state index in [9.17, 15) is 0 Å². The van der Waals surface area contributed by atoms with E-state index in [1.165, 1.54) is 14.5 Å². The van der Waals surface area contributed by atoms with Gasteiger partial charge in [0.2, 0.25) is 0 Å². The summed E-state index contributed by atoms with van der Waals surface area (Å²) < 4.78 is 7.26. The molecule has 0 saturated carbocycles. The number of nitrogens with one attached hydrogen (secondary N) is 1. The predicted octanol–water partition coefficient (Wildman–Crippen LogP) is 4.49. The van der Waals surface area contributed by atoms with Gasteiger partial charge in [-0.05, 0) is 60.2 Å². The first-order valence-corrected chi connectivity index (χ1v) is 7.74. The maximum absolute atomic E-state index is 5.99. The second kappa shape index (κ2) is 6.57. The van der Waals surface area contributed by atoms with Crippen molar-refractivity contribution in [3.05, 3.63) is 33.1 Å². The molecule has 0 atom stereocenters. The van der Waals surface area contributed by atoms with Crippen molar-refractivity contribution in [2.75, 3.05) is 6.54 Å². The summed E-state index contributed by atoms with van der Waals surface area (Å²) in [5.74, 6) is 1.11. The maximum Gasteiger partial charge on any atom is 0.134 e. The van der Waals surface area contributed by atoms with E-state index >= 15 is 0 Å². The van der Waals surface area contributed by atoms with Crippen molar-refractivity contribution >= 4 is 33.6 Å². The molecule has 1 heterocycles. The van der Waals surface area contributed by atoms with Crippen molar-refractivity contribution in [3.63, 3.8) is 0 Å². The van der Waals surface area contributed by atoms with Crippen LogP contribution in [-0.4, -0.2) is 6.54 Å². The van der Waals surface area contributed by atoms with Gasteiger partial charge in [0.1, 0.15) is 11.3 Å². The lowest BCUT2D eigenvalue weighted by Crippen LogP contribution is -2.14. The fraction of sp³-hybridized carbons (Fsp3) is 0.467. The summed E-state index contributed by atoms with van der Waals surface area (Å²) in [5, 5.41) is 4.72. The number of rotatable bonds is 6. The molecule has 0 aliphatic carbocycles. The summed E-state index contributed by atoms with van der Waals surface area (Å²) in [7, 11) is 0. The molecule has 2 aromatic rings. The Hall–Kier alpha value is -0.550. The van der Waals surface area contributed by atoms with Crippen molar-refractivity contribution in [2.24, 2.45) is 0 Å². The Labute approximate surface area is 122 Å². The first kappa shape index (κ1) is 13.9. The van der Waals surface area contributed by atoms with Crippen molar-refractivity contribution < 1.29 is 4.42 Å². The van der Waals surface area contributed by atoms with Crippen molar-refractivity contribution in [2.45, 2.75) is 39.7 Å². The standard InChI is InChI=1S/C15H20INO/c1-3-5-12-13-9-11(16)6-7-14(13)18-15(12)10-17-8-4-2/h6-7,9,17H,3-5,8,10H2,1-2H3. The van der Waals surface area contributed by atoms with Crippen molar-refractivity contribution in [1.82, 2.24) is 5.32 Å². The zero-order chi connectivity index (χ0) is 13.0. The minimum absolute atomic E-state index is 0.842. The summed E-state index contributed by atoms with van der Waals surface area (Å²) in [5.41, 5.74) is 2.40. The lowest BCUT2D eigenvalue weighted by atomic mass is 10.1. The highest BCUT2D eigenvalue weighted by atomic mass is 127. The minimum atomic E-state index is 0.842. The number of aryl methyl sites for hydroxylation is 1. The van der Waals surface area contributed by atoms with Gasteiger partial charge in [0.25, 0.3) is 0 Å². The number of fused-ring (bicyclic) bond motifs is 1. The normalized spacial score (nSPS) is 11.3. The van der Waals surface area contributed by atoms with Gasteiger partial charge < -0.3 is 9.73 Å². The third-order valence-corrected chi connectivity index (χ3v) is 3.72. The van der Waals surface area contributed by atoms with E-state index in [1.54, 1.807) is 0 Å². The Kier molecular flexibility index (Phi) is 5.06. The molecule has 1 aromatic carbocycles. The highest BCUT2D eigenvalue weighted by Gasteiger charge is 2.13. The van der Waals surface area contributed by atoms with E-state index in [4.69, 9.17) is 4.42 Å². The number of hydrogen-bond acceptors (Lipinski definition) is 2. The number of furan rings is 1. The molecule has 0 saturated heterocycles. The fourth-order valence-corrected chi connectivity index (χ4v) is 2.71. The number of halogens is 1. The third kappa shape index (κ3) is 3.06. The molecule has 0 bridgehead atoms. The zero-order valence-corrected chi connectivity index (χ0v) is 13.2. The molecule has 0 aliphatic heterocycles. The molecule has 0 spiro atoms. The minimum Gasteiger partial charge on any atom is -0.459 e. The van der Waals surface area contributed by atoms with Crippen LogP contribution in [0, 0.1) is 3.57 Å². The quantitative estimate of drug-likeness (QED) is 0.609. The summed E-state index contributed by atoms with van der Waals surface area (Å²) >= 11 is 2.36. The second-order valence-electron chi connectivity index (χ2n) is 4.57. The van der Waals surface area contributed by atoms with E-state index in [0.717, 1.165) is 43.7 Å². The Morgan fingerprint density at radius 1 is 1.22 bits per heavy atom. The molecule has 2 nitrogen and oxygen atoms in total. The van der Waals surface area contributed by atoms with E-state index in [0.29, 0.717) is 0 Å². The highest BCUT2D eigenvalue weighted by Crippen LogP contribution is 2.28. The van der Waals surface area contributed by atoms with Crippen molar-refractivity contribution in [1.29, 1.82) is 0 Å². The molecular weight excluding hydrogens is 337 g/mol. The van der Waals surface area contributed by atoms with Gasteiger partial charge in [-0.1, -0.05) is 20.3 Å². The SMILES string of the molecule is CCCNCc1oc2ccc(I)cc2c1CCC. The topological polar surface area (TPSA) is 25.2 Å². The Morgan fingerprint density at radius 2 is 2.06 bits per heavy atom. The van der Waals surface area contributed by atoms with E-state index in [-0.39, 0.29) is 0 Å². The molecule has 0 radical (unpaired) electrons. The van der Waals surface area contributed by atoms with Gasteiger partial charge in [-0.3, -0.25) is 0 Å². The Balaban J connectivity index is 2.35. The lowest BCUT2D eigenvalue weighted by Gasteiger charge is -2.03. The van der Waals surface area contributed by atoms with Crippen LogP contribution in [0.1, 0.15) is 38.0 Å². The van der Waals surface area contributed by atoms with Crippen LogP contribution in [0.15, 0.2) is 22.6 Å². The number of hydrogen-bond donors (Lipinski definition) is 1. The monoisotopic (exact) mass is 357 g/mol. The molecule has 18 heavy (non-hydrogen) atoms. The van der Waals surface area contributed by atoms with Gasteiger partial charge in [-0.25, -0.2) is 0 Å². The predicted molar refractivity (Wildman–Crippen MR) is 84.9 cm³/mol. The van der Waals surface area contributed by atoms with Crippen LogP contribution >= 0.6 is 22.6 Å². The molecular formula is C15H20INO. The molecule has 0 aliphatic rings. The van der Waals surface area contributed by atoms with E-state index in [2.05, 4.69) is 60.0 Å². The van der Waals surface area contributed by atoms with Crippen LogP contribution in [0.25, 0.3) is 11.0 Å². The first-order valence-electron chi connectivity index (χ1n) is 6.66. The third-order valence-electron chi connectivity index (χ3n) is 3.05. The average molecular weight is 357 g/mol. The summed E-state index contributed by atoms with van der Waals surface area (Å²) in [6.07, 6.45) is 3.40. The maximum atomic E-state index is 5.99. The van der Waals surface area contributed by atoms with Crippen LogP contribution in [0.2, 0.25) is 0 Å². The molecule has 2 rings (SSSR count). The average Bonchev–Trinajstić information content (AvgIpc) is 2.68. The molecule has 0 unspecified atom stereocenters. The second-order valence-corrected chi connectivity index (χ2v) is 5.82. The van der Waals surface area contributed by atoms with Crippen LogP contribution < -0.4 is 5.32 Å². The summed E-state index contributed by atoms with van der Waals surface area (Å²) in [4.78, 5) is 0. The smallest absolute Gasteiger partial charge is 0.134 e. The van der Waals surface area contributed by atoms with Crippen LogP contribution in [-0.2, 0) is 13.0 Å². The fourth-order valence-electron chi connectivity index (χ4n) is 2.22. The van der Waals surface area contributed by atoms with E-state index in [1.807, 2.05) is 0 Å². The van der Waals surface area contributed by atoms with Gasteiger partial charge in [0.15, 0.2) is 0 Å². The molecule has 1 aromatic heterocycles. The van der Waals surface area contributed by atoms with Gasteiger partial charge in [-0.15, -0.1) is 0 Å². The first-order chi connectivity index (χ1) is 8.76. The van der Waals surface area contributed by atoms with Gasteiger partial charge in [-0.2, -0.15) is 0 Å². The van der Waals surface area contributed by atoms with Gasteiger partial charge in [0, 0.05) is 14.5 Å². The molecule has 0 amide bonds.